The van der Waals surface area contributed by atoms with Crippen LogP contribution in [0.5, 0.6) is 0 Å². The van der Waals surface area contributed by atoms with Gasteiger partial charge in [0, 0.05) is 17.8 Å². The number of thiophene rings is 1. The fraction of sp³-hybridized carbons (Fsp3) is 0.538. The molecule has 19 heavy (non-hydrogen) atoms. The third-order valence-corrected chi connectivity index (χ3v) is 4.25. The number of amides is 2. The zero-order chi connectivity index (χ0) is 13.8. The Morgan fingerprint density at radius 3 is 2.95 bits per heavy atom. The number of likely N-dealkylation sites (N-methyl/N-ethyl adjacent to an activating group) is 1. The number of rotatable bonds is 5. The Morgan fingerprint density at radius 1 is 1.63 bits per heavy atom. The van der Waals surface area contributed by atoms with Crippen molar-refractivity contribution in [1.29, 1.82) is 0 Å². The lowest BCUT2D eigenvalue weighted by Crippen LogP contribution is -2.44. The highest BCUT2D eigenvalue weighted by atomic mass is 32.1. The molecule has 5 nitrogen and oxygen atoms in total. The summed E-state index contributed by atoms with van der Waals surface area (Å²) in [5.41, 5.74) is 0. The summed E-state index contributed by atoms with van der Waals surface area (Å²) in [6.07, 6.45) is 1.04. The van der Waals surface area contributed by atoms with E-state index in [1.165, 1.54) is 4.88 Å². The number of hydrogen-bond donors (Lipinski definition) is 2. The largest absolute Gasteiger partial charge is 0.352 e. The molecule has 1 aliphatic heterocycles. The van der Waals surface area contributed by atoms with Gasteiger partial charge < -0.3 is 15.5 Å². The first kappa shape index (κ1) is 14.0. The Balaban J connectivity index is 1.89. The van der Waals surface area contributed by atoms with Gasteiger partial charge in [0.05, 0.1) is 6.04 Å². The van der Waals surface area contributed by atoms with Crippen molar-refractivity contribution >= 4 is 23.2 Å². The molecule has 2 N–H and O–H groups in total. The zero-order valence-corrected chi connectivity index (χ0v) is 12.0. The van der Waals surface area contributed by atoms with E-state index in [9.17, 15) is 9.59 Å². The summed E-state index contributed by atoms with van der Waals surface area (Å²) in [5, 5.41) is 7.64. The molecule has 2 amide bonds. The third-order valence-electron chi connectivity index (χ3n) is 3.28. The van der Waals surface area contributed by atoms with E-state index >= 15 is 0 Å². The quantitative estimate of drug-likeness (QED) is 0.837. The molecule has 1 aromatic heterocycles. The highest BCUT2D eigenvalue weighted by Crippen LogP contribution is 2.22. The topological polar surface area (TPSA) is 61.4 Å². The Bertz CT molecular complexity index is 445. The minimum absolute atomic E-state index is 0.0393. The third kappa shape index (κ3) is 3.54. The number of nitrogens with zero attached hydrogens (tertiary/aromatic N) is 1. The predicted molar refractivity (Wildman–Crippen MR) is 74.9 cm³/mol. The lowest BCUT2D eigenvalue weighted by atomic mass is 10.2. The summed E-state index contributed by atoms with van der Waals surface area (Å²) in [7, 11) is 3.99. The van der Waals surface area contributed by atoms with Crippen molar-refractivity contribution < 1.29 is 9.59 Å². The van der Waals surface area contributed by atoms with Gasteiger partial charge in [-0.15, -0.1) is 11.3 Å². The Kier molecular flexibility index (Phi) is 4.55. The van der Waals surface area contributed by atoms with Gasteiger partial charge in [-0.1, -0.05) is 6.07 Å². The van der Waals surface area contributed by atoms with Crippen molar-refractivity contribution in [1.82, 2.24) is 15.5 Å². The standard InChI is InChI=1S/C13H19N3O2S/c1-16(2)10(11-4-3-7-19-11)8-14-13(18)9-5-6-12(17)15-9/h3-4,7,9-10H,5-6,8H2,1-2H3,(H,14,18)(H,15,17). The van der Waals surface area contributed by atoms with Crippen molar-refractivity contribution in [3.63, 3.8) is 0 Å². The van der Waals surface area contributed by atoms with E-state index < -0.39 is 0 Å². The highest BCUT2D eigenvalue weighted by Gasteiger charge is 2.27. The van der Waals surface area contributed by atoms with Crippen LogP contribution in [0.2, 0.25) is 0 Å². The first-order valence-corrected chi connectivity index (χ1v) is 7.23. The second kappa shape index (κ2) is 6.16. The molecular weight excluding hydrogens is 262 g/mol. The van der Waals surface area contributed by atoms with Crippen LogP contribution < -0.4 is 10.6 Å². The summed E-state index contributed by atoms with van der Waals surface area (Å²) in [4.78, 5) is 26.3. The first-order valence-electron chi connectivity index (χ1n) is 6.35. The molecule has 0 bridgehead atoms. The molecule has 0 aromatic carbocycles. The number of carbonyl (C=O) groups is 2. The molecule has 1 fully saturated rings. The molecule has 0 radical (unpaired) electrons. The molecule has 6 heteroatoms. The SMILES string of the molecule is CN(C)C(CNC(=O)C1CCC(=O)N1)c1cccs1. The van der Waals surface area contributed by atoms with Crippen LogP contribution in [0, 0.1) is 0 Å². The van der Waals surface area contributed by atoms with Gasteiger partial charge in [-0.05, 0) is 32.0 Å². The molecule has 0 saturated carbocycles. The van der Waals surface area contributed by atoms with Crippen LogP contribution in [0.25, 0.3) is 0 Å². The maximum Gasteiger partial charge on any atom is 0.242 e. The van der Waals surface area contributed by atoms with Crippen LogP contribution in [-0.2, 0) is 9.59 Å². The summed E-state index contributed by atoms with van der Waals surface area (Å²) >= 11 is 1.68. The van der Waals surface area contributed by atoms with Crippen LogP contribution in [0.1, 0.15) is 23.8 Å². The minimum Gasteiger partial charge on any atom is -0.352 e. The summed E-state index contributed by atoms with van der Waals surface area (Å²) in [6, 6.07) is 3.88. The van der Waals surface area contributed by atoms with E-state index in [-0.39, 0.29) is 23.9 Å². The predicted octanol–water partition coefficient (Wildman–Crippen LogP) is 0.746. The molecule has 2 rings (SSSR count). The van der Waals surface area contributed by atoms with Gasteiger partial charge >= 0.3 is 0 Å². The zero-order valence-electron chi connectivity index (χ0n) is 11.2. The normalized spacial score (nSPS) is 20.4. The van der Waals surface area contributed by atoms with Gasteiger partial charge in [0.25, 0.3) is 0 Å². The molecule has 1 saturated heterocycles. The van der Waals surface area contributed by atoms with Gasteiger partial charge in [-0.3, -0.25) is 9.59 Å². The van der Waals surface area contributed by atoms with Crippen LogP contribution in [0.4, 0.5) is 0 Å². The molecule has 2 heterocycles. The Labute approximate surface area is 117 Å². The van der Waals surface area contributed by atoms with E-state index in [1.807, 2.05) is 25.5 Å². The Hall–Kier alpha value is -1.40. The van der Waals surface area contributed by atoms with E-state index in [1.54, 1.807) is 11.3 Å². The first-order chi connectivity index (χ1) is 9.08. The second-order valence-electron chi connectivity index (χ2n) is 4.90. The Morgan fingerprint density at radius 2 is 2.42 bits per heavy atom. The molecule has 0 spiro atoms. The van der Waals surface area contributed by atoms with Crippen molar-refractivity contribution in [2.75, 3.05) is 20.6 Å². The lowest BCUT2D eigenvalue weighted by molar-refractivity contribution is -0.125. The molecule has 2 unspecified atom stereocenters. The number of nitrogens with one attached hydrogen (secondary N) is 2. The van der Waals surface area contributed by atoms with E-state index in [0.29, 0.717) is 19.4 Å². The van der Waals surface area contributed by atoms with Crippen LogP contribution >= 0.6 is 11.3 Å². The van der Waals surface area contributed by atoms with Gasteiger partial charge in [0.2, 0.25) is 11.8 Å². The van der Waals surface area contributed by atoms with E-state index in [4.69, 9.17) is 0 Å². The smallest absolute Gasteiger partial charge is 0.242 e. The fourth-order valence-electron chi connectivity index (χ4n) is 2.15. The van der Waals surface area contributed by atoms with Crippen molar-refractivity contribution in [3.05, 3.63) is 22.4 Å². The average Bonchev–Trinajstić information content (AvgIpc) is 3.00. The van der Waals surface area contributed by atoms with Crippen molar-refractivity contribution in [2.24, 2.45) is 0 Å². The van der Waals surface area contributed by atoms with Crippen molar-refractivity contribution in [3.8, 4) is 0 Å². The fourth-order valence-corrected chi connectivity index (χ4v) is 3.07. The monoisotopic (exact) mass is 281 g/mol. The maximum absolute atomic E-state index is 11.9. The van der Waals surface area contributed by atoms with Gasteiger partial charge in [-0.25, -0.2) is 0 Å². The van der Waals surface area contributed by atoms with E-state index in [2.05, 4.69) is 21.6 Å². The van der Waals surface area contributed by atoms with Gasteiger partial charge in [-0.2, -0.15) is 0 Å². The summed E-state index contributed by atoms with van der Waals surface area (Å²) < 4.78 is 0. The molecule has 2 atom stereocenters. The summed E-state index contributed by atoms with van der Waals surface area (Å²) in [6.45, 7) is 0.554. The van der Waals surface area contributed by atoms with Crippen molar-refractivity contribution in [2.45, 2.75) is 24.9 Å². The molecule has 1 aliphatic rings. The maximum atomic E-state index is 11.9. The average molecular weight is 281 g/mol. The van der Waals surface area contributed by atoms with Crippen LogP contribution in [0.15, 0.2) is 17.5 Å². The van der Waals surface area contributed by atoms with E-state index in [0.717, 1.165) is 0 Å². The lowest BCUT2D eigenvalue weighted by Gasteiger charge is -2.24. The molecule has 1 aromatic rings. The molecule has 0 aliphatic carbocycles. The molecular formula is C13H19N3O2S. The number of carbonyl (C=O) groups excluding carboxylic acids is 2. The molecule has 104 valence electrons. The van der Waals surface area contributed by atoms with Crippen LogP contribution in [-0.4, -0.2) is 43.4 Å². The minimum atomic E-state index is -0.362. The van der Waals surface area contributed by atoms with Gasteiger partial charge in [0.15, 0.2) is 0 Å². The van der Waals surface area contributed by atoms with Gasteiger partial charge in [0.1, 0.15) is 6.04 Å². The number of hydrogen-bond acceptors (Lipinski definition) is 4. The van der Waals surface area contributed by atoms with Crippen LogP contribution in [0.3, 0.4) is 0 Å². The second-order valence-corrected chi connectivity index (χ2v) is 5.88. The summed E-state index contributed by atoms with van der Waals surface area (Å²) in [5.74, 6) is -0.128. The highest BCUT2D eigenvalue weighted by molar-refractivity contribution is 7.10.